The number of para-hydroxylation sites is 1. The molecule has 2 rings (SSSR count). The second-order valence-corrected chi connectivity index (χ2v) is 4.96. The van der Waals surface area contributed by atoms with E-state index in [-0.39, 0.29) is 0 Å². The van der Waals surface area contributed by atoms with Crippen LogP contribution in [0.3, 0.4) is 0 Å². The van der Waals surface area contributed by atoms with Gasteiger partial charge in [-0.15, -0.1) is 0 Å². The molecule has 23 heavy (non-hydrogen) atoms. The third-order valence-electron chi connectivity index (χ3n) is 3.40. The lowest BCUT2D eigenvalue weighted by molar-refractivity contribution is 0.370. The molecule has 0 unspecified atom stereocenters. The summed E-state index contributed by atoms with van der Waals surface area (Å²) in [4.78, 5) is 0. The Hall–Kier alpha value is -2.22. The van der Waals surface area contributed by atoms with Crippen LogP contribution in [0.2, 0.25) is 0 Å². The minimum absolute atomic E-state index is 0.701. The topological polar surface area (TPSA) is 18.5 Å². The Labute approximate surface area is 140 Å². The van der Waals surface area contributed by atoms with Crippen LogP contribution in [0.5, 0.6) is 11.5 Å². The fourth-order valence-electron chi connectivity index (χ4n) is 2.21. The Morgan fingerprint density at radius 3 is 2.30 bits per heavy atom. The number of hydrogen-bond donors (Lipinski definition) is 0. The lowest BCUT2D eigenvalue weighted by atomic mass is 10.0. The van der Waals surface area contributed by atoms with Crippen molar-refractivity contribution in [3.8, 4) is 11.5 Å². The van der Waals surface area contributed by atoms with E-state index in [0.29, 0.717) is 5.76 Å². The van der Waals surface area contributed by atoms with Gasteiger partial charge in [0.25, 0.3) is 0 Å². The number of unbranched alkanes of at least 4 members (excludes halogenated alkanes) is 1. The minimum atomic E-state index is 0.701. The summed E-state index contributed by atoms with van der Waals surface area (Å²) in [5.74, 6) is 2.39. The van der Waals surface area contributed by atoms with Crippen molar-refractivity contribution in [1.29, 1.82) is 0 Å². The average Bonchev–Trinajstić information content (AvgIpc) is 2.62. The maximum absolute atomic E-state index is 5.90. The van der Waals surface area contributed by atoms with Crippen LogP contribution in [-0.4, -0.2) is 7.11 Å². The maximum atomic E-state index is 5.90. The molecule has 0 aliphatic heterocycles. The molecule has 0 spiro atoms. The van der Waals surface area contributed by atoms with Gasteiger partial charge in [-0.05, 0) is 48.7 Å². The highest BCUT2D eigenvalue weighted by atomic mass is 16.5. The standard InChI is InChI=1S/C19H22O2.C2H6/c1-4-5-9-16-14-18(12-13-19(16)15(2)20-3)21-17-10-7-6-8-11-17;1-2/h6-8,10-14H,2,4-5,9H2,1,3H3;1-2H3. The third kappa shape index (κ3) is 5.82. The Kier molecular flexibility index (Phi) is 8.59. The van der Waals surface area contributed by atoms with Crippen LogP contribution in [-0.2, 0) is 11.2 Å². The molecular weight excluding hydrogens is 284 g/mol. The predicted molar refractivity (Wildman–Crippen MR) is 99.0 cm³/mol. The number of methoxy groups -OCH3 is 1. The van der Waals surface area contributed by atoms with Crippen LogP contribution in [0.4, 0.5) is 0 Å². The van der Waals surface area contributed by atoms with Crippen molar-refractivity contribution in [2.45, 2.75) is 40.0 Å². The van der Waals surface area contributed by atoms with Crippen LogP contribution in [0.15, 0.2) is 55.1 Å². The van der Waals surface area contributed by atoms with Gasteiger partial charge in [0.2, 0.25) is 0 Å². The Balaban J connectivity index is 0.00000127. The molecule has 0 bridgehead atoms. The van der Waals surface area contributed by atoms with E-state index in [9.17, 15) is 0 Å². The normalized spacial score (nSPS) is 9.57. The third-order valence-corrected chi connectivity index (χ3v) is 3.40. The lowest BCUT2D eigenvalue weighted by Gasteiger charge is -2.13. The summed E-state index contributed by atoms with van der Waals surface area (Å²) in [5.41, 5.74) is 2.28. The monoisotopic (exact) mass is 312 g/mol. The lowest BCUT2D eigenvalue weighted by Crippen LogP contribution is -1.96. The highest BCUT2D eigenvalue weighted by Crippen LogP contribution is 2.28. The van der Waals surface area contributed by atoms with Crippen molar-refractivity contribution in [3.05, 3.63) is 66.2 Å². The molecule has 2 heteroatoms. The van der Waals surface area contributed by atoms with E-state index in [2.05, 4.69) is 19.6 Å². The van der Waals surface area contributed by atoms with E-state index in [0.717, 1.165) is 36.3 Å². The van der Waals surface area contributed by atoms with Crippen molar-refractivity contribution in [2.75, 3.05) is 7.11 Å². The number of aryl methyl sites for hydroxylation is 1. The molecule has 0 fully saturated rings. The van der Waals surface area contributed by atoms with Crippen LogP contribution in [0.25, 0.3) is 5.76 Å². The maximum Gasteiger partial charge on any atom is 0.127 e. The van der Waals surface area contributed by atoms with Crippen LogP contribution in [0, 0.1) is 0 Å². The molecule has 0 saturated heterocycles. The van der Waals surface area contributed by atoms with Gasteiger partial charge in [-0.2, -0.15) is 0 Å². The largest absolute Gasteiger partial charge is 0.497 e. The molecule has 0 aliphatic carbocycles. The number of ether oxygens (including phenoxy) is 2. The smallest absolute Gasteiger partial charge is 0.127 e. The second-order valence-electron chi connectivity index (χ2n) is 4.96. The van der Waals surface area contributed by atoms with E-state index in [1.165, 1.54) is 5.56 Å². The molecule has 0 heterocycles. The molecule has 0 radical (unpaired) electrons. The van der Waals surface area contributed by atoms with E-state index < -0.39 is 0 Å². The zero-order valence-corrected chi connectivity index (χ0v) is 14.8. The SMILES string of the molecule is C=C(OC)c1ccc(Oc2ccccc2)cc1CCCC.CC. The van der Waals surface area contributed by atoms with Gasteiger partial charge in [-0.3, -0.25) is 0 Å². The fourth-order valence-corrected chi connectivity index (χ4v) is 2.21. The van der Waals surface area contributed by atoms with Gasteiger partial charge in [0, 0.05) is 5.56 Å². The van der Waals surface area contributed by atoms with Gasteiger partial charge < -0.3 is 9.47 Å². The van der Waals surface area contributed by atoms with E-state index in [1.54, 1.807) is 7.11 Å². The molecule has 124 valence electrons. The minimum Gasteiger partial charge on any atom is -0.497 e. The highest BCUT2D eigenvalue weighted by molar-refractivity contribution is 5.62. The number of benzene rings is 2. The first kappa shape index (κ1) is 18.8. The molecule has 0 atom stereocenters. The molecule has 0 N–H and O–H groups in total. The van der Waals surface area contributed by atoms with Crippen LogP contribution in [0.1, 0.15) is 44.7 Å². The summed E-state index contributed by atoms with van der Waals surface area (Å²) in [7, 11) is 1.65. The molecule has 2 aromatic carbocycles. The molecule has 2 nitrogen and oxygen atoms in total. The molecule has 0 aromatic heterocycles. The van der Waals surface area contributed by atoms with Crippen molar-refractivity contribution >= 4 is 5.76 Å². The quantitative estimate of drug-likeness (QED) is 0.546. The molecule has 0 aliphatic rings. The highest BCUT2D eigenvalue weighted by Gasteiger charge is 2.08. The molecular formula is C21H28O2. The second kappa shape index (κ2) is 10.5. The summed E-state index contributed by atoms with van der Waals surface area (Å²) in [6.07, 6.45) is 3.29. The molecule has 0 saturated carbocycles. The molecule has 2 aromatic rings. The fraction of sp³-hybridized carbons (Fsp3) is 0.333. The van der Waals surface area contributed by atoms with Crippen molar-refractivity contribution < 1.29 is 9.47 Å². The Morgan fingerprint density at radius 1 is 1.00 bits per heavy atom. The summed E-state index contributed by atoms with van der Waals surface area (Å²) in [6, 6.07) is 15.9. The Bertz CT molecular complexity index is 588. The van der Waals surface area contributed by atoms with E-state index in [1.807, 2.05) is 56.3 Å². The number of hydrogen-bond acceptors (Lipinski definition) is 2. The first-order chi connectivity index (χ1) is 11.2. The summed E-state index contributed by atoms with van der Waals surface area (Å²) in [5, 5.41) is 0. The van der Waals surface area contributed by atoms with Crippen LogP contribution < -0.4 is 4.74 Å². The van der Waals surface area contributed by atoms with Crippen molar-refractivity contribution in [3.63, 3.8) is 0 Å². The van der Waals surface area contributed by atoms with E-state index in [4.69, 9.17) is 9.47 Å². The average molecular weight is 312 g/mol. The first-order valence-electron chi connectivity index (χ1n) is 8.33. The van der Waals surface area contributed by atoms with Crippen molar-refractivity contribution in [1.82, 2.24) is 0 Å². The van der Waals surface area contributed by atoms with E-state index >= 15 is 0 Å². The summed E-state index contributed by atoms with van der Waals surface area (Å²) < 4.78 is 11.2. The van der Waals surface area contributed by atoms with Gasteiger partial charge in [-0.25, -0.2) is 0 Å². The van der Waals surface area contributed by atoms with Gasteiger partial charge in [0.05, 0.1) is 7.11 Å². The number of rotatable bonds is 7. The summed E-state index contributed by atoms with van der Waals surface area (Å²) >= 11 is 0. The van der Waals surface area contributed by atoms with Crippen LogP contribution >= 0.6 is 0 Å². The van der Waals surface area contributed by atoms with Gasteiger partial charge in [0.15, 0.2) is 0 Å². The zero-order chi connectivity index (χ0) is 17.1. The summed E-state index contributed by atoms with van der Waals surface area (Å²) in [6.45, 7) is 10.2. The van der Waals surface area contributed by atoms with Gasteiger partial charge in [-0.1, -0.05) is 52.0 Å². The predicted octanol–water partition coefficient (Wildman–Crippen LogP) is 6.46. The first-order valence-corrected chi connectivity index (χ1v) is 8.33. The van der Waals surface area contributed by atoms with Gasteiger partial charge >= 0.3 is 0 Å². The Morgan fingerprint density at radius 2 is 1.70 bits per heavy atom. The molecule has 0 amide bonds. The van der Waals surface area contributed by atoms with Gasteiger partial charge in [0.1, 0.15) is 17.3 Å². The van der Waals surface area contributed by atoms with Crippen molar-refractivity contribution in [2.24, 2.45) is 0 Å². The zero-order valence-electron chi connectivity index (χ0n) is 14.8.